The third kappa shape index (κ3) is 10.2. The summed E-state index contributed by atoms with van der Waals surface area (Å²) < 4.78 is 26.9. The van der Waals surface area contributed by atoms with Gasteiger partial charge in [0.25, 0.3) is 0 Å². The van der Waals surface area contributed by atoms with Crippen LogP contribution in [0.4, 0.5) is 0 Å². The number of ketones is 1. The minimum absolute atomic E-state index is 0.0351. The van der Waals surface area contributed by atoms with Crippen molar-refractivity contribution in [3.8, 4) is 0 Å². The number of carbonyl (C=O) groups excluding carboxylic acids is 2. The van der Waals surface area contributed by atoms with Crippen molar-refractivity contribution < 1.29 is 27.9 Å². The molecule has 2 saturated heterocycles. The lowest BCUT2D eigenvalue weighted by Crippen LogP contribution is -2.53. The van der Waals surface area contributed by atoms with Gasteiger partial charge in [-0.1, -0.05) is 75.7 Å². The van der Waals surface area contributed by atoms with Crippen LogP contribution in [0.2, 0.25) is 36.3 Å². The Balaban J connectivity index is 2.05. The lowest BCUT2D eigenvalue weighted by molar-refractivity contribution is -0.153. The Labute approximate surface area is 298 Å². The van der Waals surface area contributed by atoms with Gasteiger partial charge in [-0.25, -0.2) is 4.98 Å². The molecular weight excluding hydrogens is 655 g/mol. The van der Waals surface area contributed by atoms with Gasteiger partial charge in [-0.15, -0.1) is 11.3 Å². The largest absolute Gasteiger partial charge is 0.458 e. The Kier molecular flexibility index (Phi) is 15.3. The van der Waals surface area contributed by atoms with Crippen molar-refractivity contribution >= 4 is 45.8 Å². The molecule has 274 valence electrons. The quantitative estimate of drug-likeness (QED) is 0.121. The number of epoxide rings is 1. The fraction of sp³-hybridized carbons (Fsp3) is 0.816. The van der Waals surface area contributed by atoms with Gasteiger partial charge in [-0.2, -0.15) is 0 Å². The summed E-state index contributed by atoms with van der Waals surface area (Å²) in [4.78, 5) is 33.5. The van der Waals surface area contributed by atoms with Crippen LogP contribution in [-0.4, -0.2) is 63.9 Å². The molecule has 1 aromatic rings. The van der Waals surface area contributed by atoms with E-state index >= 15 is 0 Å². The van der Waals surface area contributed by atoms with E-state index in [0.29, 0.717) is 6.42 Å². The van der Waals surface area contributed by atoms with Crippen molar-refractivity contribution in [1.82, 2.24) is 4.98 Å². The number of esters is 1. The number of hydrogen-bond donors (Lipinski definition) is 0. The Morgan fingerprint density at radius 3 is 2.08 bits per heavy atom. The SMILES string of the molecule is CC[Si](CC)(CC)O[C@H]1[C@@H](C)CCC[C@H]2OC2C[C@@H](/C(C)=C/c2csc(C)n2)OC(=O)C[C@H](O[Si](CC)(CC)CC)C(C)(C)C(=O)[C@@H]1C. The zero-order valence-electron chi connectivity index (χ0n) is 32.3. The van der Waals surface area contributed by atoms with Gasteiger partial charge in [0.2, 0.25) is 0 Å². The summed E-state index contributed by atoms with van der Waals surface area (Å²) in [6.45, 7) is 25.7. The van der Waals surface area contributed by atoms with E-state index in [2.05, 4.69) is 60.4 Å². The fourth-order valence-corrected chi connectivity index (χ4v) is 14.3. The van der Waals surface area contributed by atoms with Crippen molar-refractivity contribution in [1.29, 1.82) is 0 Å². The summed E-state index contributed by atoms with van der Waals surface area (Å²) in [7, 11) is -4.21. The number of hydrogen-bond acceptors (Lipinski definition) is 8. The van der Waals surface area contributed by atoms with Crippen molar-refractivity contribution in [2.75, 3.05) is 0 Å². The molecule has 0 amide bonds. The first kappa shape index (κ1) is 41.2. The van der Waals surface area contributed by atoms with Gasteiger partial charge >= 0.3 is 5.97 Å². The summed E-state index contributed by atoms with van der Waals surface area (Å²) in [5.41, 5.74) is 0.922. The van der Waals surface area contributed by atoms with Crippen LogP contribution in [0.25, 0.3) is 6.08 Å². The normalized spacial score (nSPS) is 29.8. The molecule has 0 N–H and O–H groups in total. The lowest BCUT2D eigenvalue weighted by atomic mass is 9.73. The molecule has 0 saturated carbocycles. The number of aromatic nitrogens is 1. The molecule has 1 unspecified atom stereocenters. The molecular formula is C38H67NO6SSi2. The van der Waals surface area contributed by atoms with Gasteiger partial charge in [0.15, 0.2) is 16.6 Å². The van der Waals surface area contributed by atoms with Crippen LogP contribution in [0.5, 0.6) is 0 Å². The average Bonchev–Trinajstić information content (AvgIpc) is 3.68. The monoisotopic (exact) mass is 721 g/mol. The van der Waals surface area contributed by atoms with E-state index in [1.54, 1.807) is 11.3 Å². The van der Waals surface area contributed by atoms with E-state index in [-0.39, 0.29) is 48.3 Å². The maximum atomic E-state index is 14.9. The van der Waals surface area contributed by atoms with Crippen LogP contribution in [-0.2, 0) is 27.9 Å². The van der Waals surface area contributed by atoms with Crippen molar-refractivity contribution in [2.24, 2.45) is 17.3 Å². The van der Waals surface area contributed by atoms with Crippen molar-refractivity contribution in [3.63, 3.8) is 0 Å². The second kappa shape index (κ2) is 17.8. The van der Waals surface area contributed by atoms with Crippen LogP contribution in [0.1, 0.15) is 119 Å². The Hall–Kier alpha value is -1.18. The molecule has 0 bridgehead atoms. The maximum absolute atomic E-state index is 14.9. The van der Waals surface area contributed by atoms with Gasteiger partial charge in [-0.3, -0.25) is 9.59 Å². The molecule has 0 spiro atoms. The van der Waals surface area contributed by atoms with Gasteiger partial charge in [0, 0.05) is 23.1 Å². The first-order valence-corrected chi connectivity index (χ1v) is 24.9. The highest BCUT2D eigenvalue weighted by atomic mass is 32.1. The standard InChI is InChI=1S/C38H67NO6SSi2/c1-13-47(14-2,15-3)44-34-24-35(40)43-32(27(8)22-30-25-46-29(10)39-30)23-33-31(42-33)21-19-20-26(7)36(28(9)37(41)38(34,11)12)45-48(16-4,17-5)18-6/h22,25-26,28,31-34,36H,13-21,23-24H2,1-12H3/b27-22+/t26-,28+,31+,32-,33?,34-,36-/m0/s1. The van der Waals surface area contributed by atoms with Crippen molar-refractivity contribution in [3.05, 3.63) is 21.7 Å². The molecule has 3 rings (SSSR count). The van der Waals surface area contributed by atoms with Gasteiger partial charge in [-0.05, 0) is 80.5 Å². The maximum Gasteiger partial charge on any atom is 0.309 e. The highest BCUT2D eigenvalue weighted by molar-refractivity contribution is 7.09. The molecule has 0 aliphatic carbocycles. The highest BCUT2D eigenvalue weighted by Crippen LogP contribution is 2.41. The van der Waals surface area contributed by atoms with E-state index < -0.39 is 34.3 Å². The number of ether oxygens (including phenoxy) is 2. The fourth-order valence-electron chi connectivity index (χ4n) is 7.75. The molecule has 10 heteroatoms. The van der Waals surface area contributed by atoms with Crippen LogP contribution in [0.15, 0.2) is 11.0 Å². The summed E-state index contributed by atoms with van der Waals surface area (Å²) in [5, 5.41) is 3.03. The minimum atomic E-state index is -2.20. The average molecular weight is 722 g/mol. The predicted octanol–water partition coefficient (Wildman–Crippen LogP) is 10.1. The zero-order valence-corrected chi connectivity index (χ0v) is 35.1. The number of nitrogens with zero attached hydrogens (tertiary/aromatic N) is 1. The lowest BCUT2D eigenvalue weighted by Gasteiger charge is -2.44. The van der Waals surface area contributed by atoms with Crippen LogP contribution in [0, 0.1) is 24.2 Å². The van der Waals surface area contributed by atoms with E-state index in [0.717, 1.165) is 71.8 Å². The van der Waals surface area contributed by atoms with Gasteiger partial charge in [0.05, 0.1) is 41.5 Å². The van der Waals surface area contributed by atoms with E-state index in [1.807, 2.05) is 39.2 Å². The van der Waals surface area contributed by atoms with Crippen LogP contribution in [0.3, 0.4) is 0 Å². The summed E-state index contributed by atoms with van der Waals surface area (Å²) in [5.74, 6) is -0.307. The molecule has 7 atom stereocenters. The van der Waals surface area contributed by atoms with Gasteiger partial charge < -0.3 is 18.3 Å². The third-order valence-corrected chi connectivity index (χ3v) is 22.1. The second-order valence-electron chi connectivity index (χ2n) is 15.3. The summed E-state index contributed by atoms with van der Waals surface area (Å²) >= 11 is 1.61. The molecule has 2 fully saturated rings. The molecule has 1 aromatic heterocycles. The molecule has 48 heavy (non-hydrogen) atoms. The summed E-state index contributed by atoms with van der Waals surface area (Å²) in [6, 6.07) is 5.92. The van der Waals surface area contributed by atoms with E-state index in [9.17, 15) is 9.59 Å². The van der Waals surface area contributed by atoms with Crippen LogP contribution >= 0.6 is 11.3 Å². The number of aryl methyl sites for hydroxylation is 1. The number of carbonyl (C=O) groups is 2. The zero-order chi connectivity index (χ0) is 35.9. The molecule has 3 heterocycles. The predicted molar refractivity (Wildman–Crippen MR) is 203 cm³/mol. The topological polar surface area (TPSA) is 87.2 Å². The Bertz CT molecular complexity index is 1210. The number of Topliss-reactive ketones (excluding diaryl/α,β-unsaturated/α-hetero) is 1. The minimum Gasteiger partial charge on any atom is -0.458 e. The number of cyclic esters (lactones) is 1. The smallest absolute Gasteiger partial charge is 0.309 e. The highest BCUT2D eigenvalue weighted by Gasteiger charge is 2.49. The third-order valence-electron chi connectivity index (χ3n) is 12.0. The molecule has 2 aliphatic rings. The number of fused-ring (bicyclic) bond motifs is 1. The number of rotatable bonds is 12. The van der Waals surface area contributed by atoms with Crippen molar-refractivity contribution in [2.45, 2.75) is 182 Å². The Morgan fingerprint density at radius 1 is 0.958 bits per heavy atom. The summed E-state index contributed by atoms with van der Waals surface area (Å²) in [6.07, 6.45) is 4.65. The van der Waals surface area contributed by atoms with Crippen LogP contribution < -0.4 is 0 Å². The second-order valence-corrected chi connectivity index (χ2v) is 25.8. The molecule has 0 aromatic carbocycles. The van der Waals surface area contributed by atoms with E-state index in [4.69, 9.17) is 18.3 Å². The molecule has 7 nitrogen and oxygen atoms in total. The van der Waals surface area contributed by atoms with Gasteiger partial charge in [0.1, 0.15) is 11.9 Å². The first-order valence-electron chi connectivity index (χ1n) is 19.0. The first-order chi connectivity index (χ1) is 22.6. The molecule has 0 radical (unpaired) electrons. The number of thiazole rings is 1. The Morgan fingerprint density at radius 2 is 1.54 bits per heavy atom. The molecule has 2 aliphatic heterocycles. The van der Waals surface area contributed by atoms with E-state index in [1.165, 1.54) is 0 Å².